The van der Waals surface area contributed by atoms with Crippen LogP contribution in [0.5, 0.6) is 5.75 Å². The lowest BCUT2D eigenvalue weighted by atomic mass is 10.1. The minimum absolute atomic E-state index is 0.0371. The molecule has 0 unspecified atom stereocenters. The number of nitrogens with zero attached hydrogens (tertiary/aromatic N) is 3. The summed E-state index contributed by atoms with van der Waals surface area (Å²) in [7, 11) is 3.51. The highest BCUT2D eigenvalue weighted by Crippen LogP contribution is 2.25. The third-order valence-electron chi connectivity index (χ3n) is 4.14. The lowest BCUT2D eigenvalue weighted by Crippen LogP contribution is -2.27. The van der Waals surface area contributed by atoms with Crippen molar-refractivity contribution in [3.05, 3.63) is 59.1 Å². The summed E-state index contributed by atoms with van der Waals surface area (Å²) >= 11 is 7.23. The van der Waals surface area contributed by atoms with Crippen molar-refractivity contribution in [2.45, 2.75) is 11.6 Å². The van der Waals surface area contributed by atoms with Crippen molar-refractivity contribution >= 4 is 29.3 Å². The SMILES string of the molecule is COc1cccc(-c2nnc(SCC(=O)NCCc3ccc(Cl)cc3)n2C)c1. The minimum atomic E-state index is -0.0371. The van der Waals surface area contributed by atoms with Crippen LogP contribution in [0.15, 0.2) is 53.7 Å². The van der Waals surface area contributed by atoms with Crippen LogP contribution in [-0.4, -0.2) is 40.1 Å². The second-order valence-corrected chi connectivity index (χ2v) is 7.49. The number of hydrogen-bond donors (Lipinski definition) is 1. The largest absolute Gasteiger partial charge is 0.497 e. The monoisotopic (exact) mass is 416 g/mol. The maximum Gasteiger partial charge on any atom is 0.230 e. The predicted octanol–water partition coefficient (Wildman–Crippen LogP) is 3.60. The van der Waals surface area contributed by atoms with Crippen molar-refractivity contribution < 1.29 is 9.53 Å². The van der Waals surface area contributed by atoms with Crippen LogP contribution in [0.3, 0.4) is 0 Å². The third-order valence-corrected chi connectivity index (χ3v) is 5.42. The van der Waals surface area contributed by atoms with E-state index in [1.807, 2.05) is 60.1 Å². The molecule has 146 valence electrons. The highest BCUT2D eigenvalue weighted by molar-refractivity contribution is 7.99. The molecule has 0 aliphatic rings. The molecule has 28 heavy (non-hydrogen) atoms. The fourth-order valence-corrected chi connectivity index (χ4v) is 3.50. The fourth-order valence-electron chi connectivity index (χ4n) is 2.63. The summed E-state index contributed by atoms with van der Waals surface area (Å²) in [5.41, 5.74) is 2.04. The molecule has 0 saturated carbocycles. The third kappa shape index (κ3) is 5.27. The van der Waals surface area contributed by atoms with E-state index in [9.17, 15) is 4.79 Å². The van der Waals surface area contributed by atoms with E-state index < -0.39 is 0 Å². The summed E-state index contributed by atoms with van der Waals surface area (Å²) in [5.74, 6) is 1.73. The first kappa shape index (κ1) is 20.2. The molecule has 3 aromatic rings. The second-order valence-electron chi connectivity index (χ2n) is 6.11. The van der Waals surface area contributed by atoms with Crippen LogP contribution in [0.2, 0.25) is 5.02 Å². The molecule has 1 aromatic heterocycles. The van der Waals surface area contributed by atoms with Crippen molar-refractivity contribution in [2.24, 2.45) is 7.05 Å². The zero-order chi connectivity index (χ0) is 19.9. The Kier molecular flexibility index (Phi) is 6.95. The van der Waals surface area contributed by atoms with E-state index in [0.29, 0.717) is 16.7 Å². The Labute approximate surface area is 173 Å². The first-order chi connectivity index (χ1) is 13.6. The number of carbonyl (C=O) groups excluding carboxylic acids is 1. The maximum absolute atomic E-state index is 12.1. The van der Waals surface area contributed by atoms with Crippen molar-refractivity contribution in [3.63, 3.8) is 0 Å². The number of aromatic nitrogens is 3. The zero-order valence-electron chi connectivity index (χ0n) is 15.7. The number of benzene rings is 2. The Morgan fingerprint density at radius 1 is 1.21 bits per heavy atom. The molecule has 0 aliphatic carbocycles. The van der Waals surface area contributed by atoms with Crippen LogP contribution >= 0.6 is 23.4 Å². The second kappa shape index (κ2) is 9.61. The standard InChI is InChI=1S/C20H21ClN4O2S/c1-25-19(15-4-3-5-17(12-15)27-2)23-24-20(25)28-13-18(26)22-11-10-14-6-8-16(21)9-7-14/h3-9,12H,10-11,13H2,1-2H3,(H,22,26). The van der Waals surface area contributed by atoms with Crippen LogP contribution < -0.4 is 10.1 Å². The Morgan fingerprint density at radius 2 is 2.00 bits per heavy atom. The van der Waals surface area contributed by atoms with Gasteiger partial charge in [0.05, 0.1) is 12.9 Å². The van der Waals surface area contributed by atoms with Gasteiger partial charge in [-0.2, -0.15) is 0 Å². The Hall–Kier alpha value is -2.51. The van der Waals surface area contributed by atoms with E-state index in [-0.39, 0.29) is 11.7 Å². The molecule has 0 bridgehead atoms. The Balaban J connectivity index is 1.51. The average Bonchev–Trinajstić information content (AvgIpc) is 3.08. The molecule has 0 radical (unpaired) electrons. The summed E-state index contributed by atoms with van der Waals surface area (Å²) in [5, 5.41) is 12.8. The molecule has 0 fully saturated rings. The van der Waals surface area contributed by atoms with Crippen molar-refractivity contribution in [3.8, 4) is 17.1 Å². The van der Waals surface area contributed by atoms with E-state index >= 15 is 0 Å². The van der Waals surface area contributed by atoms with E-state index in [1.165, 1.54) is 11.8 Å². The van der Waals surface area contributed by atoms with Crippen molar-refractivity contribution in [1.29, 1.82) is 0 Å². The van der Waals surface area contributed by atoms with Gasteiger partial charge in [0, 0.05) is 24.2 Å². The number of amides is 1. The molecular formula is C20H21ClN4O2S. The topological polar surface area (TPSA) is 69.0 Å². The van der Waals surface area contributed by atoms with Gasteiger partial charge in [-0.15, -0.1) is 10.2 Å². The molecule has 6 nitrogen and oxygen atoms in total. The van der Waals surface area contributed by atoms with Gasteiger partial charge in [-0.1, -0.05) is 47.6 Å². The molecule has 2 aromatic carbocycles. The molecule has 8 heteroatoms. The lowest BCUT2D eigenvalue weighted by Gasteiger charge is -2.07. The summed E-state index contributed by atoms with van der Waals surface area (Å²) < 4.78 is 7.13. The minimum Gasteiger partial charge on any atom is -0.497 e. The summed E-state index contributed by atoms with van der Waals surface area (Å²) in [6.45, 7) is 0.578. The summed E-state index contributed by atoms with van der Waals surface area (Å²) in [4.78, 5) is 12.1. The highest BCUT2D eigenvalue weighted by Gasteiger charge is 2.13. The van der Waals surface area contributed by atoms with Crippen LogP contribution in [0.25, 0.3) is 11.4 Å². The number of methoxy groups -OCH3 is 1. The van der Waals surface area contributed by atoms with Crippen LogP contribution in [-0.2, 0) is 18.3 Å². The highest BCUT2D eigenvalue weighted by atomic mass is 35.5. The first-order valence-corrected chi connectivity index (χ1v) is 10.1. The first-order valence-electron chi connectivity index (χ1n) is 8.74. The molecule has 0 spiro atoms. The fraction of sp³-hybridized carbons (Fsp3) is 0.250. The quantitative estimate of drug-likeness (QED) is 0.568. The van der Waals surface area contributed by atoms with Crippen molar-refractivity contribution in [1.82, 2.24) is 20.1 Å². The molecule has 0 aliphatic heterocycles. The van der Waals surface area contributed by atoms with E-state index in [2.05, 4.69) is 15.5 Å². The summed E-state index contributed by atoms with van der Waals surface area (Å²) in [6.07, 6.45) is 0.761. The van der Waals surface area contributed by atoms with Gasteiger partial charge < -0.3 is 14.6 Å². The number of rotatable bonds is 8. The van der Waals surface area contributed by atoms with E-state index in [1.54, 1.807) is 7.11 Å². The lowest BCUT2D eigenvalue weighted by molar-refractivity contribution is -0.118. The Morgan fingerprint density at radius 3 is 2.75 bits per heavy atom. The van der Waals surface area contributed by atoms with E-state index in [4.69, 9.17) is 16.3 Å². The molecule has 1 amide bonds. The van der Waals surface area contributed by atoms with Crippen LogP contribution in [0.1, 0.15) is 5.56 Å². The van der Waals surface area contributed by atoms with Gasteiger partial charge >= 0.3 is 0 Å². The number of hydrogen-bond acceptors (Lipinski definition) is 5. The van der Waals surface area contributed by atoms with E-state index in [0.717, 1.165) is 29.1 Å². The van der Waals surface area contributed by atoms with Crippen molar-refractivity contribution in [2.75, 3.05) is 19.4 Å². The number of ether oxygens (including phenoxy) is 1. The molecule has 1 N–H and O–H groups in total. The molecular weight excluding hydrogens is 396 g/mol. The smallest absolute Gasteiger partial charge is 0.230 e. The molecule has 1 heterocycles. The molecule has 3 rings (SSSR count). The van der Waals surface area contributed by atoms with Gasteiger partial charge in [-0.25, -0.2) is 0 Å². The van der Waals surface area contributed by atoms with Crippen LogP contribution in [0.4, 0.5) is 0 Å². The zero-order valence-corrected chi connectivity index (χ0v) is 17.3. The number of halogens is 1. The van der Waals surface area contributed by atoms with Gasteiger partial charge in [0.15, 0.2) is 11.0 Å². The van der Waals surface area contributed by atoms with Gasteiger partial charge in [-0.3, -0.25) is 4.79 Å². The van der Waals surface area contributed by atoms with Gasteiger partial charge in [0.2, 0.25) is 5.91 Å². The van der Waals surface area contributed by atoms with Gasteiger partial charge in [-0.05, 0) is 36.2 Å². The van der Waals surface area contributed by atoms with Gasteiger partial charge in [0.25, 0.3) is 0 Å². The average molecular weight is 417 g/mol. The normalized spacial score (nSPS) is 10.7. The number of carbonyl (C=O) groups is 1. The Bertz CT molecular complexity index is 944. The number of nitrogens with one attached hydrogen (secondary N) is 1. The van der Waals surface area contributed by atoms with Gasteiger partial charge in [0.1, 0.15) is 5.75 Å². The van der Waals surface area contributed by atoms with Crippen LogP contribution in [0, 0.1) is 0 Å². The predicted molar refractivity (Wildman–Crippen MR) is 112 cm³/mol. The molecule has 0 saturated heterocycles. The maximum atomic E-state index is 12.1. The molecule has 0 atom stereocenters. The number of thioether (sulfide) groups is 1. The summed E-state index contributed by atoms with van der Waals surface area (Å²) in [6, 6.07) is 15.3.